The van der Waals surface area contributed by atoms with Crippen molar-refractivity contribution < 1.29 is 20.4 Å². The minimum absolute atomic E-state index is 0.0586. The van der Waals surface area contributed by atoms with Gasteiger partial charge in [0.2, 0.25) is 0 Å². The number of likely N-dealkylation sites (tertiary alicyclic amines) is 1. The number of hydrogen-bond donors (Lipinski definition) is 4. The molecule has 4 N–H and O–H groups in total. The van der Waals surface area contributed by atoms with Crippen molar-refractivity contribution in [1.82, 2.24) is 4.90 Å². The minimum atomic E-state index is -0.997. The standard InChI is InChI=1S/C15H23NO4/c1-10(11-5-3-2-4-6-11)16-12(7-8-17)14(19)15(20)13(16)9-18/h2-6,10,12-15,17-20H,7-9H2,1H3/t10-,12-,13+,14+,15-/m1/s1. The molecule has 0 saturated carbocycles. The lowest BCUT2D eigenvalue weighted by Crippen LogP contribution is -2.43. The molecule has 1 heterocycles. The van der Waals surface area contributed by atoms with Crippen LogP contribution >= 0.6 is 0 Å². The molecule has 5 atom stereocenters. The summed E-state index contributed by atoms with van der Waals surface area (Å²) in [6, 6.07) is 8.82. The Morgan fingerprint density at radius 3 is 2.20 bits per heavy atom. The van der Waals surface area contributed by atoms with Crippen LogP contribution in [0.1, 0.15) is 24.9 Å². The lowest BCUT2D eigenvalue weighted by atomic mass is 10.0. The predicted molar refractivity (Wildman–Crippen MR) is 75.1 cm³/mol. The summed E-state index contributed by atoms with van der Waals surface area (Å²) in [6.45, 7) is 1.69. The highest BCUT2D eigenvalue weighted by atomic mass is 16.3. The summed E-state index contributed by atoms with van der Waals surface area (Å²) < 4.78 is 0. The summed E-state index contributed by atoms with van der Waals surface area (Å²) in [6.07, 6.45) is -1.58. The first-order valence-electron chi connectivity index (χ1n) is 7.02. The maximum Gasteiger partial charge on any atom is 0.0991 e. The molecule has 1 aliphatic rings. The fraction of sp³-hybridized carbons (Fsp3) is 0.600. The van der Waals surface area contributed by atoms with E-state index < -0.39 is 18.2 Å². The summed E-state index contributed by atoms with van der Waals surface area (Å²) in [5.74, 6) is 0. The van der Waals surface area contributed by atoms with Crippen LogP contribution in [0.5, 0.6) is 0 Å². The summed E-state index contributed by atoms with van der Waals surface area (Å²) in [5.41, 5.74) is 1.05. The van der Waals surface area contributed by atoms with Crippen LogP contribution in [-0.4, -0.2) is 62.8 Å². The Hall–Kier alpha value is -0.980. The molecule has 0 spiro atoms. The van der Waals surface area contributed by atoms with Crippen molar-refractivity contribution in [2.75, 3.05) is 13.2 Å². The van der Waals surface area contributed by atoms with Gasteiger partial charge in [0.15, 0.2) is 0 Å². The van der Waals surface area contributed by atoms with Gasteiger partial charge in [-0.15, -0.1) is 0 Å². The molecule has 5 nitrogen and oxygen atoms in total. The highest BCUT2D eigenvalue weighted by molar-refractivity contribution is 5.20. The number of aliphatic hydroxyl groups excluding tert-OH is 4. The molecule has 0 amide bonds. The zero-order valence-corrected chi connectivity index (χ0v) is 11.6. The van der Waals surface area contributed by atoms with Crippen LogP contribution < -0.4 is 0 Å². The third-order valence-electron chi connectivity index (χ3n) is 4.25. The second kappa shape index (κ2) is 6.65. The van der Waals surface area contributed by atoms with Crippen LogP contribution in [0.25, 0.3) is 0 Å². The van der Waals surface area contributed by atoms with E-state index >= 15 is 0 Å². The van der Waals surface area contributed by atoms with Crippen molar-refractivity contribution in [3.8, 4) is 0 Å². The highest BCUT2D eigenvalue weighted by Gasteiger charge is 2.48. The zero-order chi connectivity index (χ0) is 14.7. The van der Waals surface area contributed by atoms with Crippen molar-refractivity contribution in [3.63, 3.8) is 0 Å². The molecule has 0 radical (unpaired) electrons. The zero-order valence-electron chi connectivity index (χ0n) is 11.6. The maximum absolute atomic E-state index is 10.1. The molecular weight excluding hydrogens is 258 g/mol. The van der Waals surface area contributed by atoms with E-state index in [1.54, 1.807) is 0 Å². The summed E-state index contributed by atoms with van der Waals surface area (Å²) >= 11 is 0. The van der Waals surface area contributed by atoms with Gasteiger partial charge in [-0.2, -0.15) is 0 Å². The largest absolute Gasteiger partial charge is 0.396 e. The van der Waals surface area contributed by atoms with Crippen molar-refractivity contribution in [1.29, 1.82) is 0 Å². The van der Waals surface area contributed by atoms with Gasteiger partial charge in [0.25, 0.3) is 0 Å². The van der Waals surface area contributed by atoms with E-state index in [4.69, 9.17) is 0 Å². The van der Waals surface area contributed by atoms with Crippen molar-refractivity contribution in [2.45, 2.75) is 43.7 Å². The average molecular weight is 281 g/mol. The number of aliphatic hydroxyl groups is 4. The minimum Gasteiger partial charge on any atom is -0.396 e. The van der Waals surface area contributed by atoms with E-state index in [9.17, 15) is 20.4 Å². The third kappa shape index (κ3) is 2.73. The number of benzene rings is 1. The first kappa shape index (κ1) is 15.4. The summed E-state index contributed by atoms with van der Waals surface area (Å²) in [4.78, 5) is 1.92. The van der Waals surface area contributed by atoms with Crippen LogP contribution in [0.2, 0.25) is 0 Å². The maximum atomic E-state index is 10.1. The van der Waals surface area contributed by atoms with Gasteiger partial charge in [0, 0.05) is 18.7 Å². The molecule has 1 fully saturated rings. The Morgan fingerprint density at radius 1 is 1.05 bits per heavy atom. The first-order chi connectivity index (χ1) is 9.61. The molecule has 0 unspecified atom stereocenters. The number of hydrogen-bond acceptors (Lipinski definition) is 5. The van der Waals surface area contributed by atoms with Gasteiger partial charge in [-0.05, 0) is 18.9 Å². The van der Waals surface area contributed by atoms with Crippen molar-refractivity contribution in [2.24, 2.45) is 0 Å². The lowest BCUT2D eigenvalue weighted by Gasteiger charge is -2.35. The Labute approximate surface area is 119 Å². The predicted octanol–water partition coefficient (Wildman–Crippen LogP) is -0.103. The average Bonchev–Trinajstić information content (AvgIpc) is 2.72. The number of nitrogens with zero attached hydrogens (tertiary/aromatic N) is 1. The quantitative estimate of drug-likeness (QED) is 0.605. The molecule has 0 aliphatic carbocycles. The van der Waals surface area contributed by atoms with Gasteiger partial charge in [-0.1, -0.05) is 30.3 Å². The van der Waals surface area contributed by atoms with Crippen LogP contribution in [0, 0.1) is 0 Å². The number of rotatable bonds is 5. The van der Waals surface area contributed by atoms with Crippen LogP contribution in [0.4, 0.5) is 0 Å². The second-order valence-corrected chi connectivity index (χ2v) is 5.34. The van der Waals surface area contributed by atoms with E-state index in [1.165, 1.54) is 0 Å². The molecule has 5 heteroatoms. The normalized spacial score (nSPS) is 32.5. The Morgan fingerprint density at radius 2 is 1.65 bits per heavy atom. The molecule has 2 rings (SSSR count). The van der Waals surface area contributed by atoms with Crippen molar-refractivity contribution >= 4 is 0 Å². The molecule has 1 saturated heterocycles. The van der Waals surface area contributed by atoms with Crippen LogP contribution in [0.15, 0.2) is 30.3 Å². The van der Waals surface area contributed by atoms with Gasteiger partial charge in [0.1, 0.15) is 0 Å². The Bertz CT molecular complexity index is 414. The van der Waals surface area contributed by atoms with Crippen LogP contribution in [0.3, 0.4) is 0 Å². The Balaban J connectivity index is 2.29. The molecule has 0 aromatic heterocycles. The Kier molecular flexibility index (Phi) is 5.12. The summed E-state index contributed by atoms with van der Waals surface area (Å²) in [7, 11) is 0. The molecule has 112 valence electrons. The van der Waals surface area contributed by atoms with Crippen molar-refractivity contribution in [3.05, 3.63) is 35.9 Å². The second-order valence-electron chi connectivity index (χ2n) is 5.34. The third-order valence-corrected chi connectivity index (χ3v) is 4.25. The van der Waals surface area contributed by atoms with Crippen LogP contribution in [-0.2, 0) is 0 Å². The topological polar surface area (TPSA) is 84.2 Å². The smallest absolute Gasteiger partial charge is 0.0991 e. The molecule has 1 aliphatic heterocycles. The summed E-state index contributed by atoms with van der Waals surface area (Å²) in [5, 5.41) is 38.9. The lowest BCUT2D eigenvalue weighted by molar-refractivity contribution is 0.0157. The monoisotopic (exact) mass is 281 g/mol. The van der Waals surface area contributed by atoms with E-state index in [1.807, 2.05) is 42.2 Å². The SMILES string of the molecule is C[C@H](c1ccccc1)N1[C@H](CCO)[C@H](O)[C@H](O)[C@@H]1CO. The molecule has 20 heavy (non-hydrogen) atoms. The van der Waals surface area contributed by atoms with E-state index in [-0.39, 0.29) is 25.3 Å². The fourth-order valence-corrected chi connectivity index (χ4v) is 3.19. The highest BCUT2D eigenvalue weighted by Crippen LogP contribution is 2.35. The van der Waals surface area contributed by atoms with E-state index in [0.29, 0.717) is 6.42 Å². The first-order valence-corrected chi connectivity index (χ1v) is 7.02. The van der Waals surface area contributed by atoms with Gasteiger partial charge in [0.05, 0.1) is 24.9 Å². The van der Waals surface area contributed by atoms with Gasteiger partial charge >= 0.3 is 0 Å². The van der Waals surface area contributed by atoms with Gasteiger partial charge in [-0.25, -0.2) is 0 Å². The van der Waals surface area contributed by atoms with E-state index in [0.717, 1.165) is 5.56 Å². The molecule has 0 bridgehead atoms. The van der Waals surface area contributed by atoms with E-state index in [2.05, 4.69) is 0 Å². The molecule has 1 aromatic rings. The van der Waals surface area contributed by atoms with Gasteiger partial charge in [-0.3, -0.25) is 4.90 Å². The fourth-order valence-electron chi connectivity index (χ4n) is 3.19. The van der Waals surface area contributed by atoms with Gasteiger partial charge < -0.3 is 20.4 Å². The molecule has 1 aromatic carbocycles. The molecular formula is C15H23NO4.